The van der Waals surface area contributed by atoms with Crippen molar-refractivity contribution >= 4 is 38.9 Å². The van der Waals surface area contributed by atoms with Gasteiger partial charge in [-0.2, -0.15) is 13.2 Å². The minimum absolute atomic E-state index is 0.231. The topological polar surface area (TPSA) is 75.7 Å². The van der Waals surface area contributed by atoms with E-state index in [2.05, 4.69) is 15.0 Å². The lowest BCUT2D eigenvalue weighted by atomic mass is 10.1. The number of benzene rings is 2. The van der Waals surface area contributed by atoms with Crippen molar-refractivity contribution in [3.05, 3.63) is 53.1 Å². The third kappa shape index (κ3) is 6.77. The number of carbonyl (C=O) groups excluding carboxylic acids is 1. The molecule has 0 aliphatic carbocycles. The second kappa shape index (κ2) is 10.4. The average Bonchev–Trinajstić information content (AvgIpc) is 2.70. The normalized spacial score (nSPS) is 12.8. The van der Waals surface area contributed by atoms with Crippen molar-refractivity contribution in [3.8, 4) is 0 Å². The van der Waals surface area contributed by atoms with E-state index in [-0.39, 0.29) is 15.6 Å². The van der Waals surface area contributed by atoms with E-state index in [1.807, 2.05) is 13.8 Å². The summed E-state index contributed by atoms with van der Waals surface area (Å²) in [6.45, 7) is 7.19. The van der Waals surface area contributed by atoms with Crippen molar-refractivity contribution in [3.63, 3.8) is 0 Å². The van der Waals surface area contributed by atoms with Gasteiger partial charge in [-0.05, 0) is 68.8 Å². The SMILES string of the molecule is CCN(CC)c1ccc(NC(=O)OC(CS(=O)(=O)c2ccc(Cl)cc2)C(F)(F)F)c(C)c1. The number of aryl methyl sites for hydroxylation is 1. The Morgan fingerprint density at radius 1 is 1.12 bits per heavy atom. The second-order valence-corrected chi connectivity index (χ2v) is 9.44. The van der Waals surface area contributed by atoms with Crippen molar-refractivity contribution in [1.29, 1.82) is 0 Å². The first-order valence-electron chi connectivity index (χ1n) is 9.75. The van der Waals surface area contributed by atoms with E-state index in [0.717, 1.165) is 30.9 Å². The molecule has 2 aromatic rings. The third-order valence-electron chi connectivity index (χ3n) is 4.73. The summed E-state index contributed by atoms with van der Waals surface area (Å²) in [5.41, 5.74) is 1.77. The summed E-state index contributed by atoms with van der Waals surface area (Å²) < 4.78 is 69.6. The first-order chi connectivity index (χ1) is 14.9. The number of hydrogen-bond donors (Lipinski definition) is 1. The minimum Gasteiger partial charge on any atom is -0.435 e. The molecule has 0 radical (unpaired) electrons. The molecule has 0 aliphatic heterocycles. The third-order valence-corrected chi connectivity index (χ3v) is 6.72. The average molecular weight is 493 g/mol. The monoisotopic (exact) mass is 492 g/mol. The molecule has 0 saturated heterocycles. The fourth-order valence-corrected chi connectivity index (χ4v) is 4.50. The molecule has 1 amide bonds. The standard InChI is InChI=1S/C21H24ClF3N2O4S/c1-4-27(5-2)16-8-11-18(14(3)12-16)26-20(28)31-19(21(23,24)25)13-32(29,30)17-9-6-15(22)7-10-17/h6-12,19H,4-5,13H2,1-3H3,(H,26,28). The van der Waals surface area contributed by atoms with Crippen LogP contribution in [0, 0.1) is 6.92 Å². The van der Waals surface area contributed by atoms with Crippen LogP contribution in [0.1, 0.15) is 19.4 Å². The molecule has 2 aromatic carbocycles. The molecule has 32 heavy (non-hydrogen) atoms. The Kier molecular flexibility index (Phi) is 8.41. The fraction of sp³-hybridized carbons (Fsp3) is 0.381. The van der Waals surface area contributed by atoms with E-state index in [4.69, 9.17) is 11.6 Å². The van der Waals surface area contributed by atoms with Crippen molar-refractivity contribution in [2.45, 2.75) is 37.9 Å². The van der Waals surface area contributed by atoms with Crippen LogP contribution in [0.5, 0.6) is 0 Å². The number of anilines is 2. The molecule has 0 bridgehead atoms. The molecule has 0 spiro atoms. The van der Waals surface area contributed by atoms with Gasteiger partial charge in [-0.15, -0.1) is 0 Å². The van der Waals surface area contributed by atoms with Crippen molar-refractivity contribution in [2.75, 3.05) is 29.1 Å². The number of alkyl halides is 3. The van der Waals surface area contributed by atoms with Crippen LogP contribution in [-0.2, 0) is 14.6 Å². The Balaban J connectivity index is 2.16. The summed E-state index contributed by atoms with van der Waals surface area (Å²) in [5, 5.41) is 2.49. The largest absolute Gasteiger partial charge is 0.435 e. The zero-order chi connectivity index (χ0) is 24.1. The number of hydrogen-bond acceptors (Lipinski definition) is 5. The summed E-state index contributed by atoms with van der Waals surface area (Å²) in [6, 6.07) is 9.73. The highest BCUT2D eigenvalue weighted by Crippen LogP contribution is 2.28. The number of nitrogens with one attached hydrogen (secondary N) is 1. The van der Waals surface area contributed by atoms with E-state index in [1.54, 1.807) is 25.1 Å². The van der Waals surface area contributed by atoms with Gasteiger partial charge in [0, 0.05) is 29.5 Å². The number of sulfone groups is 1. The van der Waals surface area contributed by atoms with Crippen molar-refractivity contribution in [1.82, 2.24) is 0 Å². The summed E-state index contributed by atoms with van der Waals surface area (Å²) in [5.74, 6) is -1.45. The van der Waals surface area contributed by atoms with Gasteiger partial charge in [0.1, 0.15) is 5.75 Å². The van der Waals surface area contributed by atoms with E-state index in [0.29, 0.717) is 5.56 Å². The fourth-order valence-electron chi connectivity index (χ4n) is 2.97. The lowest BCUT2D eigenvalue weighted by molar-refractivity contribution is -0.195. The van der Waals surface area contributed by atoms with Gasteiger partial charge >= 0.3 is 12.3 Å². The molecule has 1 unspecified atom stereocenters. The zero-order valence-electron chi connectivity index (χ0n) is 17.7. The van der Waals surface area contributed by atoms with Crippen LogP contribution in [-0.4, -0.2) is 45.6 Å². The van der Waals surface area contributed by atoms with Crippen LogP contribution in [0.25, 0.3) is 0 Å². The first-order valence-corrected chi connectivity index (χ1v) is 11.8. The minimum atomic E-state index is -5.08. The first kappa shape index (κ1) is 25.8. The highest BCUT2D eigenvalue weighted by molar-refractivity contribution is 7.91. The maximum atomic E-state index is 13.4. The van der Waals surface area contributed by atoms with Crippen LogP contribution in [0.4, 0.5) is 29.3 Å². The quantitative estimate of drug-likeness (QED) is 0.530. The Labute approximate surface area is 190 Å². The van der Waals surface area contributed by atoms with Gasteiger partial charge in [0.15, 0.2) is 9.84 Å². The zero-order valence-corrected chi connectivity index (χ0v) is 19.3. The Hall–Kier alpha value is -2.46. The Morgan fingerprint density at radius 3 is 2.22 bits per heavy atom. The molecule has 0 heterocycles. The predicted octanol–water partition coefficient (Wildman–Crippen LogP) is 5.45. The smallest absolute Gasteiger partial charge is 0.426 e. The summed E-state index contributed by atoms with van der Waals surface area (Å²) in [7, 11) is -4.40. The number of amides is 1. The van der Waals surface area contributed by atoms with Crippen LogP contribution in [0.3, 0.4) is 0 Å². The van der Waals surface area contributed by atoms with Gasteiger partial charge in [-0.25, -0.2) is 13.2 Å². The highest BCUT2D eigenvalue weighted by Gasteiger charge is 2.46. The number of rotatable bonds is 8. The number of ether oxygens (including phenoxy) is 1. The molecule has 2 rings (SSSR count). The molecule has 0 aromatic heterocycles. The van der Waals surface area contributed by atoms with Crippen LogP contribution in [0.15, 0.2) is 47.4 Å². The number of carbonyl (C=O) groups is 1. The van der Waals surface area contributed by atoms with E-state index in [9.17, 15) is 26.4 Å². The molecule has 1 N–H and O–H groups in total. The van der Waals surface area contributed by atoms with Gasteiger partial charge in [-0.1, -0.05) is 11.6 Å². The molecule has 176 valence electrons. The van der Waals surface area contributed by atoms with Gasteiger partial charge in [0.05, 0.1) is 4.90 Å². The molecule has 0 fully saturated rings. The number of halogens is 4. The molecule has 6 nitrogen and oxygen atoms in total. The van der Waals surface area contributed by atoms with Gasteiger partial charge < -0.3 is 9.64 Å². The van der Waals surface area contributed by atoms with E-state index in [1.165, 1.54) is 12.1 Å². The molecular weight excluding hydrogens is 469 g/mol. The summed E-state index contributed by atoms with van der Waals surface area (Å²) >= 11 is 5.69. The Bertz CT molecular complexity index is 1040. The Morgan fingerprint density at radius 2 is 1.72 bits per heavy atom. The summed E-state index contributed by atoms with van der Waals surface area (Å²) in [6.07, 6.45) is -9.34. The maximum absolute atomic E-state index is 13.4. The maximum Gasteiger partial charge on any atom is 0.426 e. The van der Waals surface area contributed by atoms with Crippen molar-refractivity contribution in [2.24, 2.45) is 0 Å². The highest BCUT2D eigenvalue weighted by atomic mass is 35.5. The molecular formula is C21H24ClF3N2O4S. The molecule has 0 aliphatic rings. The van der Waals surface area contributed by atoms with Crippen LogP contribution < -0.4 is 10.2 Å². The van der Waals surface area contributed by atoms with Gasteiger partial charge in [0.2, 0.25) is 6.10 Å². The van der Waals surface area contributed by atoms with E-state index >= 15 is 0 Å². The summed E-state index contributed by atoms with van der Waals surface area (Å²) in [4.78, 5) is 13.9. The van der Waals surface area contributed by atoms with Gasteiger partial charge in [-0.3, -0.25) is 5.32 Å². The van der Waals surface area contributed by atoms with Gasteiger partial charge in [0.25, 0.3) is 0 Å². The van der Waals surface area contributed by atoms with E-state index < -0.39 is 34.0 Å². The number of nitrogens with zero attached hydrogens (tertiary/aromatic N) is 1. The van der Waals surface area contributed by atoms with Crippen molar-refractivity contribution < 1.29 is 31.1 Å². The van der Waals surface area contributed by atoms with Crippen LogP contribution in [0.2, 0.25) is 5.02 Å². The van der Waals surface area contributed by atoms with Crippen LogP contribution >= 0.6 is 11.6 Å². The molecule has 0 saturated carbocycles. The molecule has 11 heteroatoms. The lowest BCUT2D eigenvalue weighted by Gasteiger charge is -2.23. The second-order valence-electron chi connectivity index (χ2n) is 6.97. The lowest BCUT2D eigenvalue weighted by Crippen LogP contribution is -2.40. The predicted molar refractivity (Wildman–Crippen MR) is 118 cm³/mol. The molecule has 1 atom stereocenters.